The average Bonchev–Trinajstić information content (AvgIpc) is 3.26. The van der Waals surface area contributed by atoms with Crippen LogP contribution in [0.4, 0.5) is 0 Å². The molecule has 0 saturated carbocycles. The Hall–Kier alpha value is -3.36. The van der Waals surface area contributed by atoms with Gasteiger partial charge in [-0.25, -0.2) is 4.57 Å². The van der Waals surface area contributed by atoms with Crippen molar-refractivity contribution < 1.29 is 32.9 Å². The Morgan fingerprint density at radius 3 is 1.35 bits per heavy atom. The highest BCUT2D eigenvalue weighted by molar-refractivity contribution is 7.47. The van der Waals surface area contributed by atoms with Crippen molar-refractivity contribution in [2.75, 3.05) is 40.9 Å². The van der Waals surface area contributed by atoms with E-state index < -0.39 is 20.0 Å². The van der Waals surface area contributed by atoms with Gasteiger partial charge in [0.05, 0.1) is 39.9 Å². The second kappa shape index (κ2) is 45.8. The number of aliphatic hydroxyl groups excluding tert-OH is 1. The SMILES string of the molecule is CC/C=C\C/C=C\C/C=C\C/C=C\C/C=C\C/C=C\C/C=C\C/C=C\C/C=C\C/C=C\CCCCC(=O)NC(COP(=O)(O)OCC[N+](C)(C)C)C(O)/C=C/CCCCCCCCCC. The first-order valence-corrected chi connectivity index (χ1v) is 26.6. The number of amides is 1. The van der Waals surface area contributed by atoms with Crippen LogP contribution in [0.1, 0.15) is 162 Å². The summed E-state index contributed by atoms with van der Waals surface area (Å²) in [4.78, 5) is 23.1. The predicted molar refractivity (Wildman–Crippen MR) is 281 cm³/mol. The van der Waals surface area contributed by atoms with Crippen molar-refractivity contribution in [3.8, 4) is 0 Å². The number of hydrogen-bond donors (Lipinski definition) is 3. The Bertz CT molecular complexity index is 1510. The molecule has 9 heteroatoms. The molecule has 3 unspecified atom stereocenters. The standard InChI is InChI=1S/C56H93N2O6P/c1-6-8-10-12-14-16-18-19-20-21-22-23-24-25-26-27-28-29-30-31-32-33-34-35-36-37-38-39-40-42-44-46-48-50-56(60)57-54(53-64-65(61,62)63-52-51-58(3,4)5)55(59)49-47-45-43-41-17-15-13-11-9-7-2/h8,10,14,16,19-20,22-23,25-26,28-29,31-32,34-35,37-38,40,42,47,49,54-55,59H,6-7,9,11-13,15,17-18,21,24,27,30,33,36,39,41,43-46,48,50-53H2,1-5H3,(H-,57,60,61,62)/p+1/b10-8-,16-14-,20-19-,23-22-,26-25-,29-28-,32-31-,35-34-,38-37-,42-40-,49-47+. The Kier molecular flexibility index (Phi) is 43.4. The second-order valence-electron chi connectivity index (χ2n) is 17.5. The van der Waals surface area contributed by atoms with Crippen LogP contribution < -0.4 is 5.32 Å². The van der Waals surface area contributed by atoms with Crippen molar-refractivity contribution in [1.29, 1.82) is 0 Å². The Morgan fingerprint density at radius 1 is 0.538 bits per heavy atom. The van der Waals surface area contributed by atoms with Crippen LogP contribution in [0, 0.1) is 0 Å². The van der Waals surface area contributed by atoms with Crippen LogP contribution in [0.15, 0.2) is 134 Å². The summed E-state index contributed by atoms with van der Waals surface area (Å²) < 4.78 is 23.5. The van der Waals surface area contributed by atoms with Gasteiger partial charge in [-0.2, -0.15) is 0 Å². The third-order valence-electron chi connectivity index (χ3n) is 10.1. The minimum absolute atomic E-state index is 0.0448. The van der Waals surface area contributed by atoms with E-state index in [0.29, 0.717) is 23.9 Å². The zero-order chi connectivity index (χ0) is 47.8. The van der Waals surface area contributed by atoms with E-state index in [-0.39, 0.29) is 19.1 Å². The van der Waals surface area contributed by atoms with E-state index in [0.717, 1.165) is 96.3 Å². The molecule has 3 atom stereocenters. The molecule has 0 aromatic rings. The molecule has 0 heterocycles. The first-order chi connectivity index (χ1) is 31.5. The van der Waals surface area contributed by atoms with Crippen molar-refractivity contribution >= 4 is 13.7 Å². The molecule has 0 aliphatic carbocycles. The summed E-state index contributed by atoms with van der Waals surface area (Å²) in [5, 5.41) is 13.8. The third-order valence-corrected chi connectivity index (χ3v) is 11.1. The lowest BCUT2D eigenvalue weighted by molar-refractivity contribution is -0.870. The molecule has 1 amide bonds. The van der Waals surface area contributed by atoms with Gasteiger partial charge in [0.15, 0.2) is 0 Å². The van der Waals surface area contributed by atoms with Gasteiger partial charge in [0.1, 0.15) is 13.2 Å². The monoisotopic (exact) mass is 922 g/mol. The topological polar surface area (TPSA) is 105 Å². The molecular weight excluding hydrogens is 828 g/mol. The molecule has 0 spiro atoms. The van der Waals surface area contributed by atoms with Crippen molar-refractivity contribution in [3.05, 3.63) is 134 Å². The summed E-state index contributed by atoms with van der Waals surface area (Å²) in [5.74, 6) is -0.229. The lowest BCUT2D eigenvalue weighted by atomic mass is 10.1. The lowest BCUT2D eigenvalue weighted by Crippen LogP contribution is -2.45. The van der Waals surface area contributed by atoms with E-state index in [1.807, 2.05) is 27.2 Å². The number of carbonyl (C=O) groups is 1. The van der Waals surface area contributed by atoms with Gasteiger partial charge < -0.3 is 19.8 Å². The van der Waals surface area contributed by atoms with E-state index in [1.54, 1.807) is 6.08 Å². The number of carbonyl (C=O) groups excluding carboxylic acids is 1. The minimum atomic E-state index is -4.36. The van der Waals surface area contributed by atoms with Crippen molar-refractivity contribution in [3.63, 3.8) is 0 Å². The largest absolute Gasteiger partial charge is 0.472 e. The third kappa shape index (κ3) is 48.4. The van der Waals surface area contributed by atoms with Gasteiger partial charge in [-0.15, -0.1) is 0 Å². The van der Waals surface area contributed by atoms with Crippen molar-refractivity contribution in [1.82, 2.24) is 5.32 Å². The van der Waals surface area contributed by atoms with Gasteiger partial charge in [-0.1, -0.05) is 192 Å². The number of unbranched alkanes of at least 4 members (excludes halogenated alkanes) is 10. The lowest BCUT2D eigenvalue weighted by Gasteiger charge is -2.25. The molecule has 368 valence electrons. The summed E-state index contributed by atoms with van der Waals surface area (Å²) in [5.41, 5.74) is 0. The molecular formula is C56H94N2O6P+. The highest BCUT2D eigenvalue weighted by atomic mass is 31.2. The molecule has 0 saturated heterocycles. The number of phosphoric acid groups is 1. The van der Waals surface area contributed by atoms with E-state index in [9.17, 15) is 19.4 Å². The number of quaternary nitrogens is 1. The summed E-state index contributed by atoms with van der Waals surface area (Å²) in [6.07, 6.45) is 69.8. The molecule has 0 bridgehead atoms. The fourth-order valence-corrected chi connectivity index (χ4v) is 6.92. The number of hydrogen-bond acceptors (Lipinski definition) is 5. The van der Waals surface area contributed by atoms with Crippen LogP contribution >= 0.6 is 7.82 Å². The zero-order valence-corrected chi connectivity index (χ0v) is 42.6. The van der Waals surface area contributed by atoms with E-state index in [1.165, 1.54) is 38.5 Å². The van der Waals surface area contributed by atoms with Gasteiger partial charge in [0, 0.05) is 6.42 Å². The fourth-order valence-electron chi connectivity index (χ4n) is 6.18. The number of aliphatic hydroxyl groups is 1. The average molecular weight is 922 g/mol. The summed E-state index contributed by atoms with van der Waals surface area (Å²) in [6, 6.07) is -0.878. The van der Waals surface area contributed by atoms with Crippen LogP contribution in [0.3, 0.4) is 0 Å². The highest BCUT2D eigenvalue weighted by Gasteiger charge is 2.27. The van der Waals surface area contributed by atoms with Crippen LogP contribution in [0.2, 0.25) is 0 Å². The van der Waals surface area contributed by atoms with Crippen LogP contribution in [-0.2, 0) is 18.4 Å². The number of likely N-dealkylation sites (N-methyl/N-ethyl adjacent to an activating group) is 1. The summed E-state index contributed by atoms with van der Waals surface area (Å²) in [7, 11) is 1.52. The van der Waals surface area contributed by atoms with Gasteiger partial charge in [0.2, 0.25) is 5.91 Å². The molecule has 0 aromatic heterocycles. The van der Waals surface area contributed by atoms with E-state index in [4.69, 9.17) is 9.05 Å². The van der Waals surface area contributed by atoms with Gasteiger partial charge >= 0.3 is 7.82 Å². The molecule has 3 N–H and O–H groups in total. The molecule has 0 aliphatic rings. The van der Waals surface area contributed by atoms with Crippen LogP contribution in [0.25, 0.3) is 0 Å². The quantitative estimate of drug-likeness (QED) is 0.0244. The van der Waals surface area contributed by atoms with Crippen molar-refractivity contribution in [2.45, 2.75) is 174 Å². The summed E-state index contributed by atoms with van der Waals surface area (Å²) >= 11 is 0. The number of nitrogens with one attached hydrogen (secondary N) is 1. The fraction of sp³-hybridized carbons (Fsp3) is 0.589. The minimum Gasteiger partial charge on any atom is -0.387 e. The molecule has 0 aromatic carbocycles. The molecule has 8 nitrogen and oxygen atoms in total. The van der Waals surface area contributed by atoms with E-state index >= 15 is 0 Å². The Morgan fingerprint density at radius 2 is 0.923 bits per heavy atom. The molecule has 0 aliphatic heterocycles. The van der Waals surface area contributed by atoms with Gasteiger partial charge in [0.25, 0.3) is 0 Å². The Balaban J connectivity index is 4.31. The first-order valence-electron chi connectivity index (χ1n) is 25.1. The normalized spacial score (nSPS) is 15.2. The number of nitrogens with zero attached hydrogens (tertiary/aromatic N) is 1. The molecule has 0 radical (unpaired) electrons. The number of rotatable bonds is 43. The predicted octanol–water partition coefficient (Wildman–Crippen LogP) is 14.8. The molecule has 0 fully saturated rings. The molecule has 65 heavy (non-hydrogen) atoms. The highest BCUT2D eigenvalue weighted by Crippen LogP contribution is 2.43. The number of phosphoric ester groups is 1. The van der Waals surface area contributed by atoms with Crippen LogP contribution in [-0.4, -0.2) is 73.4 Å². The molecule has 0 rings (SSSR count). The summed E-state index contributed by atoms with van der Waals surface area (Å²) in [6.45, 7) is 4.61. The second-order valence-corrected chi connectivity index (χ2v) is 18.9. The maximum Gasteiger partial charge on any atom is 0.472 e. The maximum absolute atomic E-state index is 12.9. The smallest absolute Gasteiger partial charge is 0.387 e. The number of allylic oxidation sites excluding steroid dienone is 21. The maximum atomic E-state index is 12.9. The van der Waals surface area contributed by atoms with Gasteiger partial charge in [-0.3, -0.25) is 13.8 Å². The Labute approximate surface area is 398 Å². The van der Waals surface area contributed by atoms with Gasteiger partial charge in [-0.05, 0) is 96.3 Å². The van der Waals surface area contributed by atoms with E-state index in [2.05, 4.69) is 141 Å². The van der Waals surface area contributed by atoms with Crippen molar-refractivity contribution in [2.24, 2.45) is 0 Å². The van der Waals surface area contributed by atoms with Crippen LogP contribution in [0.5, 0.6) is 0 Å². The zero-order valence-electron chi connectivity index (χ0n) is 41.7. The first kappa shape index (κ1) is 61.6.